The highest BCUT2D eigenvalue weighted by Crippen LogP contribution is 2.20. The number of nitrogens with one attached hydrogen (secondary N) is 1. The third kappa shape index (κ3) is 5.80. The van der Waals surface area contributed by atoms with Gasteiger partial charge in [0.1, 0.15) is 6.61 Å². The van der Waals surface area contributed by atoms with Crippen LogP contribution in [0.4, 0.5) is 0 Å². The molecular weight excluding hydrogens is 316 g/mol. The van der Waals surface area contributed by atoms with Crippen molar-refractivity contribution in [1.29, 1.82) is 0 Å². The zero-order valence-corrected chi connectivity index (χ0v) is 15.0. The zero-order chi connectivity index (χ0) is 17.5. The third-order valence-corrected chi connectivity index (χ3v) is 5.22. The minimum atomic E-state index is -0.552. The number of aliphatic hydroxyl groups excluding tert-OH is 1. The number of nitrogens with zero attached hydrogens (tertiary/aromatic N) is 1. The van der Waals surface area contributed by atoms with E-state index in [0.29, 0.717) is 6.54 Å². The fourth-order valence-electron chi connectivity index (χ4n) is 3.78. The SMILES string of the molecule is O=C(COC1CCCCC1)NCC(O)CN1CCc2ccccc2C1. The average molecular weight is 346 g/mol. The number of fused-ring (bicyclic) bond motifs is 1. The minimum Gasteiger partial charge on any atom is -0.390 e. The Balaban J connectivity index is 1.32. The van der Waals surface area contributed by atoms with Crippen molar-refractivity contribution >= 4 is 5.91 Å². The van der Waals surface area contributed by atoms with Crippen LogP contribution in [0.2, 0.25) is 0 Å². The van der Waals surface area contributed by atoms with Gasteiger partial charge in [-0.2, -0.15) is 0 Å². The Labute approximate surface area is 150 Å². The molecule has 1 fully saturated rings. The summed E-state index contributed by atoms with van der Waals surface area (Å²) in [7, 11) is 0. The highest BCUT2D eigenvalue weighted by atomic mass is 16.5. The number of benzene rings is 1. The molecule has 0 aromatic heterocycles. The Bertz CT molecular complexity index is 558. The van der Waals surface area contributed by atoms with E-state index in [-0.39, 0.29) is 25.2 Å². The Kier molecular flexibility index (Phi) is 6.84. The van der Waals surface area contributed by atoms with Crippen molar-refractivity contribution in [2.24, 2.45) is 0 Å². The van der Waals surface area contributed by atoms with Crippen molar-refractivity contribution in [1.82, 2.24) is 10.2 Å². The van der Waals surface area contributed by atoms with Crippen LogP contribution in [-0.2, 0) is 22.5 Å². The van der Waals surface area contributed by atoms with Gasteiger partial charge in [0.15, 0.2) is 0 Å². The summed E-state index contributed by atoms with van der Waals surface area (Å²) in [5.74, 6) is -0.131. The summed E-state index contributed by atoms with van der Waals surface area (Å²) >= 11 is 0. The van der Waals surface area contributed by atoms with Crippen LogP contribution in [0.1, 0.15) is 43.2 Å². The molecule has 0 saturated heterocycles. The predicted octanol–water partition coefficient (Wildman–Crippen LogP) is 1.87. The molecule has 25 heavy (non-hydrogen) atoms. The quantitative estimate of drug-likeness (QED) is 0.791. The fraction of sp³-hybridized carbons (Fsp3) is 0.650. The van der Waals surface area contributed by atoms with Crippen molar-refractivity contribution in [3.05, 3.63) is 35.4 Å². The zero-order valence-electron chi connectivity index (χ0n) is 15.0. The molecule has 1 saturated carbocycles. The van der Waals surface area contributed by atoms with Gasteiger partial charge >= 0.3 is 0 Å². The first kappa shape index (κ1) is 18.4. The van der Waals surface area contributed by atoms with Crippen molar-refractivity contribution < 1.29 is 14.6 Å². The number of β-amino-alcohol motifs (C(OH)–C–C–N with tert-alkyl or cyclic N) is 1. The summed E-state index contributed by atoms with van der Waals surface area (Å²) in [6.45, 7) is 2.79. The Morgan fingerprint density at radius 3 is 2.80 bits per heavy atom. The molecule has 2 aliphatic rings. The maximum absolute atomic E-state index is 11.9. The third-order valence-electron chi connectivity index (χ3n) is 5.22. The summed E-state index contributed by atoms with van der Waals surface area (Å²) in [6.07, 6.45) is 6.50. The van der Waals surface area contributed by atoms with E-state index >= 15 is 0 Å². The monoisotopic (exact) mass is 346 g/mol. The van der Waals surface area contributed by atoms with E-state index in [2.05, 4.69) is 34.5 Å². The molecule has 1 aliphatic heterocycles. The lowest BCUT2D eigenvalue weighted by atomic mass is 9.98. The van der Waals surface area contributed by atoms with E-state index in [4.69, 9.17) is 4.74 Å². The molecule has 2 N–H and O–H groups in total. The number of carbonyl (C=O) groups is 1. The molecule has 1 unspecified atom stereocenters. The van der Waals surface area contributed by atoms with Gasteiger partial charge in [0, 0.05) is 26.2 Å². The standard InChI is InChI=1S/C20H30N2O3/c23-18(12-21-20(24)15-25-19-8-2-1-3-9-19)14-22-11-10-16-6-4-5-7-17(16)13-22/h4-7,18-19,23H,1-3,8-15H2,(H,21,24). The van der Waals surface area contributed by atoms with E-state index < -0.39 is 6.10 Å². The molecule has 0 spiro atoms. The van der Waals surface area contributed by atoms with Gasteiger partial charge in [0.05, 0.1) is 12.2 Å². The first-order valence-corrected chi connectivity index (χ1v) is 9.56. The van der Waals surface area contributed by atoms with Gasteiger partial charge in [0.25, 0.3) is 0 Å². The Morgan fingerprint density at radius 2 is 2.00 bits per heavy atom. The lowest BCUT2D eigenvalue weighted by Gasteiger charge is -2.30. The van der Waals surface area contributed by atoms with Gasteiger partial charge in [-0.1, -0.05) is 43.5 Å². The van der Waals surface area contributed by atoms with Crippen LogP contribution in [0.3, 0.4) is 0 Å². The summed E-state index contributed by atoms with van der Waals surface area (Å²) in [6, 6.07) is 8.47. The topological polar surface area (TPSA) is 61.8 Å². The number of ether oxygens (including phenoxy) is 1. The molecule has 5 nitrogen and oxygen atoms in total. The van der Waals surface area contributed by atoms with Crippen molar-refractivity contribution in [3.8, 4) is 0 Å². The average Bonchev–Trinajstić information content (AvgIpc) is 2.65. The van der Waals surface area contributed by atoms with Gasteiger partial charge in [-0.3, -0.25) is 9.69 Å². The van der Waals surface area contributed by atoms with E-state index in [0.717, 1.165) is 32.4 Å². The summed E-state index contributed by atoms with van der Waals surface area (Å²) in [4.78, 5) is 14.1. The first-order chi connectivity index (χ1) is 12.2. The van der Waals surface area contributed by atoms with Crippen LogP contribution in [0, 0.1) is 0 Å². The van der Waals surface area contributed by atoms with Crippen LogP contribution in [0.15, 0.2) is 24.3 Å². The number of carbonyl (C=O) groups excluding carboxylic acids is 1. The van der Waals surface area contributed by atoms with Crippen LogP contribution in [0.5, 0.6) is 0 Å². The first-order valence-electron chi connectivity index (χ1n) is 9.56. The van der Waals surface area contributed by atoms with Gasteiger partial charge in [-0.05, 0) is 30.4 Å². The molecule has 1 heterocycles. The van der Waals surface area contributed by atoms with Crippen molar-refractivity contribution in [3.63, 3.8) is 0 Å². The molecule has 3 rings (SSSR count). The largest absolute Gasteiger partial charge is 0.390 e. The second kappa shape index (κ2) is 9.32. The van der Waals surface area contributed by atoms with Crippen LogP contribution >= 0.6 is 0 Å². The van der Waals surface area contributed by atoms with E-state index in [1.807, 2.05) is 0 Å². The number of aliphatic hydroxyl groups is 1. The summed E-state index contributed by atoms with van der Waals surface area (Å²) in [5, 5.41) is 13.0. The molecule has 0 bridgehead atoms. The molecule has 1 aromatic carbocycles. The van der Waals surface area contributed by atoms with E-state index in [1.165, 1.54) is 30.4 Å². The molecule has 1 atom stereocenters. The van der Waals surface area contributed by atoms with E-state index in [1.54, 1.807) is 0 Å². The lowest BCUT2D eigenvalue weighted by molar-refractivity contribution is -0.128. The molecule has 0 radical (unpaired) electrons. The highest BCUT2D eigenvalue weighted by Gasteiger charge is 2.19. The fourth-order valence-corrected chi connectivity index (χ4v) is 3.78. The number of hydrogen-bond acceptors (Lipinski definition) is 4. The molecule has 1 amide bonds. The maximum Gasteiger partial charge on any atom is 0.246 e. The lowest BCUT2D eigenvalue weighted by Crippen LogP contribution is -2.43. The van der Waals surface area contributed by atoms with Crippen molar-refractivity contribution in [2.45, 2.75) is 57.3 Å². The van der Waals surface area contributed by atoms with Gasteiger partial charge in [0.2, 0.25) is 5.91 Å². The molecule has 138 valence electrons. The molecular formula is C20H30N2O3. The van der Waals surface area contributed by atoms with Crippen LogP contribution in [-0.4, -0.2) is 54.4 Å². The molecule has 5 heteroatoms. The second-order valence-corrected chi connectivity index (χ2v) is 7.28. The Morgan fingerprint density at radius 1 is 1.24 bits per heavy atom. The number of rotatable bonds is 7. The van der Waals surface area contributed by atoms with Gasteiger partial charge < -0.3 is 15.2 Å². The Hall–Kier alpha value is -1.43. The molecule has 1 aromatic rings. The van der Waals surface area contributed by atoms with Gasteiger partial charge in [-0.25, -0.2) is 0 Å². The maximum atomic E-state index is 11.9. The summed E-state index contributed by atoms with van der Waals surface area (Å²) < 4.78 is 5.66. The predicted molar refractivity (Wildman–Crippen MR) is 97.3 cm³/mol. The molecule has 1 aliphatic carbocycles. The van der Waals surface area contributed by atoms with E-state index in [9.17, 15) is 9.90 Å². The van der Waals surface area contributed by atoms with Gasteiger partial charge in [-0.15, -0.1) is 0 Å². The van der Waals surface area contributed by atoms with Crippen LogP contribution in [0.25, 0.3) is 0 Å². The number of amides is 1. The smallest absolute Gasteiger partial charge is 0.246 e. The minimum absolute atomic E-state index is 0.106. The second-order valence-electron chi connectivity index (χ2n) is 7.28. The summed E-state index contributed by atoms with van der Waals surface area (Å²) in [5.41, 5.74) is 2.74. The number of hydrogen-bond donors (Lipinski definition) is 2. The van der Waals surface area contributed by atoms with Crippen molar-refractivity contribution in [2.75, 3.05) is 26.2 Å². The highest BCUT2D eigenvalue weighted by molar-refractivity contribution is 5.77. The van der Waals surface area contributed by atoms with Crippen LogP contribution < -0.4 is 5.32 Å². The normalized spacial score (nSPS) is 20.0.